The molecule has 1 N–H and O–H groups in total. The first-order valence-electron chi connectivity index (χ1n) is 3.37. The van der Waals surface area contributed by atoms with Gasteiger partial charge in [0.2, 0.25) is 0 Å². The van der Waals surface area contributed by atoms with Gasteiger partial charge in [-0.2, -0.15) is 0 Å². The number of hydrogen-bond donors (Lipinski definition) is 1. The van der Waals surface area contributed by atoms with Crippen LogP contribution in [-0.4, -0.2) is 12.2 Å². The number of methoxy groups -OCH3 is 1. The summed E-state index contributed by atoms with van der Waals surface area (Å²) >= 11 is 0. The van der Waals surface area contributed by atoms with Crippen molar-refractivity contribution in [2.75, 3.05) is 7.11 Å². The van der Waals surface area contributed by atoms with E-state index in [1.807, 2.05) is 13.0 Å². The summed E-state index contributed by atoms with van der Waals surface area (Å²) in [5.41, 5.74) is 0.920. The van der Waals surface area contributed by atoms with Crippen molar-refractivity contribution in [1.82, 2.24) is 0 Å². The Kier molecular flexibility index (Phi) is 2.00. The molecule has 0 aromatic carbocycles. The molecule has 0 bridgehead atoms. The highest BCUT2D eigenvalue weighted by Gasteiger charge is 2.08. The van der Waals surface area contributed by atoms with Crippen LogP contribution in [0.15, 0.2) is 23.2 Å². The van der Waals surface area contributed by atoms with Gasteiger partial charge >= 0.3 is 0 Å². The van der Waals surface area contributed by atoms with Gasteiger partial charge in [0.25, 0.3) is 0 Å². The van der Waals surface area contributed by atoms with Crippen LogP contribution < -0.4 is 0 Å². The Morgan fingerprint density at radius 3 is 2.70 bits per heavy atom. The second-order valence-electron chi connectivity index (χ2n) is 2.44. The lowest BCUT2D eigenvalue weighted by molar-refractivity contribution is 0.264. The molecule has 0 amide bonds. The van der Waals surface area contributed by atoms with Gasteiger partial charge in [-0.1, -0.05) is 0 Å². The predicted molar refractivity (Wildman–Crippen MR) is 39.7 cm³/mol. The topological polar surface area (TPSA) is 29.5 Å². The van der Waals surface area contributed by atoms with Crippen LogP contribution in [0.2, 0.25) is 0 Å². The third-order valence-electron chi connectivity index (χ3n) is 1.70. The first-order valence-corrected chi connectivity index (χ1v) is 3.37. The molecule has 56 valence electrons. The van der Waals surface area contributed by atoms with Crippen molar-refractivity contribution in [2.24, 2.45) is 0 Å². The molecule has 1 aliphatic rings. The fourth-order valence-electron chi connectivity index (χ4n) is 0.997. The molecule has 0 radical (unpaired) electrons. The Morgan fingerprint density at radius 1 is 1.50 bits per heavy atom. The van der Waals surface area contributed by atoms with Crippen molar-refractivity contribution < 1.29 is 9.84 Å². The largest absolute Gasteiger partial charge is 0.512 e. The first kappa shape index (κ1) is 7.19. The summed E-state index contributed by atoms with van der Waals surface area (Å²) < 4.78 is 5.03. The maximum absolute atomic E-state index is 9.17. The van der Waals surface area contributed by atoms with Gasteiger partial charge in [-0.3, -0.25) is 0 Å². The van der Waals surface area contributed by atoms with E-state index in [9.17, 15) is 5.11 Å². The number of rotatable bonds is 1. The van der Waals surface area contributed by atoms with Crippen LogP contribution in [0.5, 0.6) is 0 Å². The Morgan fingerprint density at radius 2 is 2.20 bits per heavy atom. The molecule has 1 aliphatic carbocycles. The minimum atomic E-state index is 0.487. The first-order chi connectivity index (χ1) is 4.74. The predicted octanol–water partition coefficient (Wildman–Crippen LogP) is 2.14. The summed E-state index contributed by atoms with van der Waals surface area (Å²) in [5.74, 6) is 1.44. The normalized spacial score (nSPS) is 18.8. The molecule has 0 saturated carbocycles. The second-order valence-corrected chi connectivity index (χ2v) is 2.44. The molecule has 0 heterocycles. The van der Waals surface area contributed by atoms with Crippen LogP contribution in [0, 0.1) is 0 Å². The van der Waals surface area contributed by atoms with Crippen LogP contribution in [-0.2, 0) is 4.74 Å². The van der Waals surface area contributed by atoms with Gasteiger partial charge in [-0.05, 0) is 18.6 Å². The molecule has 0 unspecified atom stereocenters. The quantitative estimate of drug-likeness (QED) is 0.604. The zero-order valence-electron chi connectivity index (χ0n) is 6.35. The Balaban J connectivity index is 2.76. The molecule has 1 rings (SSSR count). The van der Waals surface area contributed by atoms with E-state index < -0.39 is 0 Å². The van der Waals surface area contributed by atoms with Gasteiger partial charge in [0.15, 0.2) is 0 Å². The summed E-state index contributed by atoms with van der Waals surface area (Å²) in [5, 5.41) is 9.17. The van der Waals surface area contributed by atoms with E-state index in [0.717, 1.165) is 17.8 Å². The molecule has 0 aromatic rings. The van der Waals surface area contributed by atoms with Crippen molar-refractivity contribution in [1.29, 1.82) is 0 Å². The van der Waals surface area contributed by atoms with Gasteiger partial charge < -0.3 is 9.84 Å². The number of aliphatic hydroxyl groups excluding tert-OH is 1. The highest BCUT2D eigenvalue weighted by molar-refractivity contribution is 5.26. The van der Waals surface area contributed by atoms with Crippen LogP contribution >= 0.6 is 0 Å². The molecule has 10 heavy (non-hydrogen) atoms. The monoisotopic (exact) mass is 140 g/mol. The third kappa shape index (κ3) is 1.32. The van der Waals surface area contributed by atoms with Crippen LogP contribution in [0.3, 0.4) is 0 Å². The number of allylic oxidation sites excluding steroid dienone is 4. The van der Waals surface area contributed by atoms with Gasteiger partial charge in [0.1, 0.15) is 0 Å². The maximum atomic E-state index is 9.17. The average molecular weight is 140 g/mol. The lowest BCUT2D eigenvalue weighted by atomic mass is 10.1. The molecular formula is C8H12O2. The van der Waals surface area contributed by atoms with Gasteiger partial charge in [0, 0.05) is 12.8 Å². The van der Waals surface area contributed by atoms with E-state index in [2.05, 4.69) is 0 Å². The Hall–Kier alpha value is -0.920. The SMILES string of the molecule is COC1=CC(C)=C(O)CC1. The van der Waals surface area contributed by atoms with Crippen molar-refractivity contribution in [2.45, 2.75) is 19.8 Å². The number of aliphatic hydroxyl groups is 1. The van der Waals surface area contributed by atoms with Crippen LogP contribution in [0.4, 0.5) is 0 Å². The second kappa shape index (κ2) is 2.78. The van der Waals surface area contributed by atoms with Crippen molar-refractivity contribution in [3.63, 3.8) is 0 Å². The van der Waals surface area contributed by atoms with Crippen LogP contribution in [0.25, 0.3) is 0 Å². The summed E-state index contributed by atoms with van der Waals surface area (Å²) in [6.45, 7) is 1.88. The van der Waals surface area contributed by atoms with Crippen molar-refractivity contribution in [3.8, 4) is 0 Å². The van der Waals surface area contributed by atoms with E-state index >= 15 is 0 Å². The molecule has 0 atom stereocenters. The third-order valence-corrected chi connectivity index (χ3v) is 1.70. The summed E-state index contributed by atoms with van der Waals surface area (Å²) in [4.78, 5) is 0. The molecule has 0 spiro atoms. The van der Waals surface area contributed by atoms with Crippen LogP contribution in [0.1, 0.15) is 19.8 Å². The van der Waals surface area contributed by atoms with E-state index in [1.165, 1.54) is 0 Å². The summed E-state index contributed by atoms with van der Waals surface area (Å²) in [6, 6.07) is 0. The number of hydrogen-bond acceptors (Lipinski definition) is 2. The van der Waals surface area contributed by atoms with E-state index in [1.54, 1.807) is 7.11 Å². The Labute approximate surface area is 60.8 Å². The Bertz CT molecular complexity index is 189. The highest BCUT2D eigenvalue weighted by atomic mass is 16.5. The van der Waals surface area contributed by atoms with Gasteiger partial charge in [0.05, 0.1) is 18.6 Å². The summed E-state index contributed by atoms with van der Waals surface area (Å²) in [7, 11) is 1.65. The molecule has 2 heteroatoms. The standard InChI is InChI=1S/C8H12O2/c1-6-5-7(10-2)3-4-8(6)9/h5,9H,3-4H2,1-2H3. The molecular weight excluding hydrogens is 128 g/mol. The highest BCUT2D eigenvalue weighted by Crippen LogP contribution is 2.21. The summed E-state index contributed by atoms with van der Waals surface area (Å²) in [6.07, 6.45) is 3.41. The zero-order valence-corrected chi connectivity index (χ0v) is 6.35. The zero-order chi connectivity index (χ0) is 7.56. The minimum Gasteiger partial charge on any atom is -0.512 e. The van der Waals surface area contributed by atoms with Gasteiger partial charge in [-0.15, -0.1) is 0 Å². The minimum absolute atomic E-state index is 0.487. The van der Waals surface area contributed by atoms with E-state index in [-0.39, 0.29) is 0 Å². The van der Waals surface area contributed by atoms with E-state index in [4.69, 9.17) is 4.74 Å². The van der Waals surface area contributed by atoms with E-state index in [0.29, 0.717) is 12.2 Å². The lowest BCUT2D eigenvalue weighted by Gasteiger charge is -2.12. The maximum Gasteiger partial charge on any atom is 0.0963 e. The lowest BCUT2D eigenvalue weighted by Crippen LogP contribution is -1.98. The molecule has 0 fully saturated rings. The van der Waals surface area contributed by atoms with Crippen molar-refractivity contribution in [3.05, 3.63) is 23.2 Å². The molecule has 2 nitrogen and oxygen atoms in total. The van der Waals surface area contributed by atoms with Crippen molar-refractivity contribution >= 4 is 0 Å². The number of ether oxygens (including phenoxy) is 1. The van der Waals surface area contributed by atoms with Gasteiger partial charge in [-0.25, -0.2) is 0 Å². The molecule has 0 aromatic heterocycles. The fourth-order valence-corrected chi connectivity index (χ4v) is 0.997. The molecule has 0 saturated heterocycles. The molecule has 0 aliphatic heterocycles. The smallest absolute Gasteiger partial charge is 0.0963 e. The average Bonchev–Trinajstić information content (AvgIpc) is 1.95. The fraction of sp³-hybridized carbons (Fsp3) is 0.500.